The van der Waals surface area contributed by atoms with Crippen molar-refractivity contribution in [3.8, 4) is 11.1 Å². The van der Waals surface area contributed by atoms with Crippen LogP contribution in [0.5, 0.6) is 0 Å². The Labute approximate surface area is 268 Å². The number of esters is 1. The van der Waals surface area contributed by atoms with Crippen molar-refractivity contribution in [2.24, 2.45) is 0 Å². The topological polar surface area (TPSA) is 80.8 Å². The fraction of sp³-hybridized carbons (Fsp3) is 0.258. The van der Waals surface area contributed by atoms with E-state index in [-0.39, 0.29) is 29.6 Å². The molecule has 1 amide bonds. The Morgan fingerprint density at radius 3 is 2.39 bits per heavy atom. The molecule has 0 spiro atoms. The van der Waals surface area contributed by atoms with E-state index >= 15 is 8.78 Å². The maximum atomic E-state index is 15.2. The van der Waals surface area contributed by atoms with Crippen LogP contribution in [-0.4, -0.2) is 62.0 Å². The molecule has 1 fully saturated rings. The Morgan fingerprint density at radius 2 is 1.76 bits per heavy atom. The zero-order chi connectivity index (χ0) is 33.3. The number of anilines is 1. The summed E-state index contributed by atoms with van der Waals surface area (Å²) in [6.07, 6.45) is -3.52. The minimum atomic E-state index is -4.74. The third-order valence-electron chi connectivity index (χ3n) is 7.44. The van der Waals surface area contributed by atoms with Crippen LogP contribution in [0.1, 0.15) is 15.9 Å². The zero-order valence-electron chi connectivity index (χ0n) is 23.7. The van der Waals surface area contributed by atoms with E-state index in [0.29, 0.717) is 39.7 Å². The van der Waals surface area contributed by atoms with E-state index in [1.807, 2.05) is 0 Å². The fourth-order valence-corrected chi connectivity index (χ4v) is 5.99. The van der Waals surface area contributed by atoms with Crippen molar-refractivity contribution in [1.82, 2.24) is 10.3 Å². The Balaban J connectivity index is 1.45. The molecule has 1 aromatic heterocycles. The monoisotopic (exact) mass is 685 g/mol. The van der Waals surface area contributed by atoms with E-state index in [0.717, 1.165) is 24.1 Å². The molecule has 2 atom stereocenters. The smallest absolute Gasteiger partial charge is 0.411 e. The summed E-state index contributed by atoms with van der Waals surface area (Å²) in [6.45, 7) is -1.13. The number of hydrogen-bond donors (Lipinski definition) is 1. The number of nitrogens with one attached hydrogen (secondary N) is 1. The lowest BCUT2D eigenvalue weighted by Gasteiger charge is -2.38. The van der Waals surface area contributed by atoms with Gasteiger partial charge in [0.15, 0.2) is 0 Å². The van der Waals surface area contributed by atoms with Crippen LogP contribution in [0.2, 0.25) is 10.0 Å². The second-order valence-corrected chi connectivity index (χ2v) is 11.1. The summed E-state index contributed by atoms with van der Waals surface area (Å²) in [6, 6.07) is 6.32. The number of ether oxygens (including phenoxy) is 2. The molecule has 4 aromatic rings. The Morgan fingerprint density at radius 1 is 1.09 bits per heavy atom. The van der Waals surface area contributed by atoms with E-state index in [1.54, 1.807) is 24.3 Å². The predicted octanol–water partition coefficient (Wildman–Crippen LogP) is 6.91. The predicted molar refractivity (Wildman–Crippen MR) is 158 cm³/mol. The molecule has 1 aliphatic heterocycles. The number of aromatic nitrogens is 1. The first kappa shape index (κ1) is 33.3. The normalized spacial score (nSPS) is 15.9. The van der Waals surface area contributed by atoms with Crippen LogP contribution < -0.4 is 10.2 Å². The molecule has 242 valence electrons. The van der Waals surface area contributed by atoms with E-state index in [1.165, 1.54) is 6.20 Å². The number of hydrogen-bond acceptors (Lipinski definition) is 6. The average molecular weight is 686 g/mol. The molecule has 1 N–H and O–H groups in total. The molecule has 0 bridgehead atoms. The molecular weight excluding hydrogens is 663 g/mol. The van der Waals surface area contributed by atoms with Gasteiger partial charge in [0.25, 0.3) is 5.91 Å². The lowest BCUT2D eigenvalue weighted by molar-refractivity contribution is -0.167. The number of benzene rings is 3. The lowest BCUT2D eigenvalue weighted by atomic mass is 9.95. The summed E-state index contributed by atoms with van der Waals surface area (Å²) in [7, 11) is 1.05. The molecule has 5 rings (SSSR count). The van der Waals surface area contributed by atoms with Crippen LogP contribution in [0, 0.1) is 17.5 Å². The number of amides is 1. The van der Waals surface area contributed by atoms with E-state index in [9.17, 15) is 27.2 Å². The second kappa shape index (κ2) is 13.3. The molecule has 46 heavy (non-hydrogen) atoms. The van der Waals surface area contributed by atoms with Gasteiger partial charge in [-0.3, -0.25) is 9.78 Å². The molecule has 0 unspecified atom stereocenters. The third kappa shape index (κ3) is 6.72. The summed E-state index contributed by atoms with van der Waals surface area (Å²) in [5, 5.41) is 2.86. The highest BCUT2D eigenvalue weighted by Gasteiger charge is 2.46. The van der Waals surface area contributed by atoms with Crippen LogP contribution in [-0.2, 0) is 20.7 Å². The maximum Gasteiger partial charge on any atom is 0.411 e. The van der Waals surface area contributed by atoms with Gasteiger partial charge >= 0.3 is 12.1 Å². The van der Waals surface area contributed by atoms with E-state index in [4.69, 9.17) is 32.7 Å². The number of carbonyl (C=O) groups excluding carboxylic acids is 2. The number of nitrogens with zero attached hydrogens (tertiary/aromatic N) is 2. The third-order valence-corrected chi connectivity index (χ3v) is 8.03. The van der Waals surface area contributed by atoms with Crippen molar-refractivity contribution >= 4 is 51.7 Å². The standard InChI is InChI=1S/C31H23Cl2F6N3O4/c1-45-30(44)24(9-15-4-5-18(19-3-2-6-40-28(15)19)26-20(32)10-16(34)11-21(26)33)41-29(43)27-22(35)12-17(13-23(27)36)42-7-8-46-14-25(42)31(37,38)39/h2-6,10-13,24-25H,7-9,14H2,1H3,(H,41,43)/t24-,25+/m0/s1. The van der Waals surface area contributed by atoms with Gasteiger partial charge in [-0.1, -0.05) is 41.4 Å². The summed E-state index contributed by atoms with van der Waals surface area (Å²) in [5.74, 6) is -5.81. The molecule has 1 saturated heterocycles. The first-order valence-electron chi connectivity index (χ1n) is 13.6. The van der Waals surface area contributed by atoms with Gasteiger partial charge in [-0.15, -0.1) is 0 Å². The minimum absolute atomic E-state index is 0.0419. The quantitative estimate of drug-likeness (QED) is 0.168. The molecule has 1 aliphatic rings. The first-order chi connectivity index (χ1) is 21.8. The van der Waals surface area contributed by atoms with Gasteiger partial charge in [-0.25, -0.2) is 18.0 Å². The number of pyridine rings is 1. The Bertz CT molecular complexity index is 1780. The highest BCUT2D eigenvalue weighted by atomic mass is 35.5. The Hall–Kier alpha value is -4.07. The number of halogens is 8. The van der Waals surface area contributed by atoms with Crippen molar-refractivity contribution in [3.63, 3.8) is 0 Å². The van der Waals surface area contributed by atoms with Crippen molar-refractivity contribution in [2.75, 3.05) is 31.8 Å². The molecule has 0 aliphatic carbocycles. The molecule has 0 radical (unpaired) electrons. The van der Waals surface area contributed by atoms with E-state index < -0.39 is 65.4 Å². The van der Waals surface area contributed by atoms with Crippen LogP contribution in [0.25, 0.3) is 22.0 Å². The largest absolute Gasteiger partial charge is 0.467 e. The van der Waals surface area contributed by atoms with Crippen molar-refractivity contribution in [3.05, 3.63) is 93.4 Å². The van der Waals surface area contributed by atoms with Gasteiger partial charge < -0.3 is 19.7 Å². The number of fused-ring (bicyclic) bond motifs is 1. The lowest BCUT2D eigenvalue weighted by Crippen LogP contribution is -2.53. The fourth-order valence-electron chi connectivity index (χ4n) is 5.33. The molecular formula is C31H23Cl2F6N3O4. The summed E-state index contributed by atoms with van der Waals surface area (Å²) in [5.41, 5.74) is 0.0595. The first-order valence-corrected chi connectivity index (χ1v) is 14.4. The number of methoxy groups -OCH3 is 1. The maximum absolute atomic E-state index is 15.2. The number of alkyl halides is 3. The number of morpholine rings is 1. The minimum Gasteiger partial charge on any atom is -0.467 e. The van der Waals surface area contributed by atoms with Crippen molar-refractivity contribution < 1.29 is 45.4 Å². The number of carbonyl (C=O) groups is 2. The highest BCUT2D eigenvalue weighted by molar-refractivity contribution is 6.39. The van der Waals surface area contributed by atoms with Gasteiger partial charge in [0.05, 0.1) is 35.9 Å². The van der Waals surface area contributed by atoms with E-state index in [2.05, 4.69) is 10.3 Å². The number of rotatable bonds is 7. The molecule has 0 saturated carbocycles. The zero-order valence-corrected chi connectivity index (χ0v) is 25.2. The van der Waals surface area contributed by atoms with Crippen LogP contribution >= 0.6 is 23.2 Å². The second-order valence-electron chi connectivity index (χ2n) is 10.3. The van der Waals surface area contributed by atoms with Crippen LogP contribution in [0.3, 0.4) is 0 Å². The average Bonchev–Trinajstić information content (AvgIpc) is 3.00. The molecule has 2 heterocycles. The Kier molecular flexibility index (Phi) is 9.66. The van der Waals surface area contributed by atoms with Crippen LogP contribution in [0.15, 0.2) is 54.7 Å². The van der Waals surface area contributed by atoms with Gasteiger partial charge in [0, 0.05) is 35.8 Å². The van der Waals surface area contributed by atoms with Gasteiger partial charge in [0.1, 0.15) is 35.1 Å². The summed E-state index contributed by atoms with van der Waals surface area (Å²) < 4.78 is 94.5. The summed E-state index contributed by atoms with van der Waals surface area (Å²) in [4.78, 5) is 31.0. The molecule has 7 nitrogen and oxygen atoms in total. The van der Waals surface area contributed by atoms with Gasteiger partial charge in [-0.05, 0) is 41.5 Å². The van der Waals surface area contributed by atoms with Gasteiger partial charge in [-0.2, -0.15) is 13.2 Å². The van der Waals surface area contributed by atoms with Gasteiger partial charge in [0.2, 0.25) is 0 Å². The highest BCUT2D eigenvalue weighted by Crippen LogP contribution is 2.40. The molecule has 3 aromatic carbocycles. The molecule has 15 heteroatoms. The van der Waals surface area contributed by atoms with Crippen LogP contribution in [0.4, 0.5) is 32.0 Å². The van der Waals surface area contributed by atoms with Crippen molar-refractivity contribution in [2.45, 2.75) is 24.7 Å². The van der Waals surface area contributed by atoms with Crippen molar-refractivity contribution in [1.29, 1.82) is 0 Å². The summed E-state index contributed by atoms with van der Waals surface area (Å²) >= 11 is 12.6. The SMILES string of the molecule is COC(=O)[C@H](Cc1ccc(-c2c(Cl)cc(F)cc2Cl)c2cccnc12)NC(=O)c1c(F)cc(N2CCOC[C@@H]2C(F)(F)F)cc1F.